The number of hydrogen-bond acceptors (Lipinski definition) is 5. The molecule has 0 radical (unpaired) electrons. The summed E-state index contributed by atoms with van der Waals surface area (Å²) < 4.78 is 15.7. The van der Waals surface area contributed by atoms with E-state index in [1.807, 2.05) is 61.1 Å². The van der Waals surface area contributed by atoms with Gasteiger partial charge in [-0.15, -0.1) is 0 Å². The van der Waals surface area contributed by atoms with Crippen molar-refractivity contribution < 1.29 is 9.47 Å². The van der Waals surface area contributed by atoms with Crippen LogP contribution < -0.4 is 20.7 Å². The fraction of sp³-hybridized carbons (Fsp3) is 0.207. The van der Waals surface area contributed by atoms with E-state index >= 15 is 0 Å². The van der Waals surface area contributed by atoms with Crippen LogP contribution in [-0.4, -0.2) is 32.9 Å². The molecule has 0 unspecified atom stereocenters. The summed E-state index contributed by atoms with van der Waals surface area (Å²) in [7, 11) is 3.18. The molecule has 188 valence electrons. The number of hydrogen-bond donors (Lipinski definition) is 0. The van der Waals surface area contributed by atoms with Crippen molar-refractivity contribution in [1.29, 1.82) is 0 Å². The minimum atomic E-state index is -0.389. The molecule has 0 bridgehead atoms. The first-order valence-electron chi connectivity index (χ1n) is 12.1. The van der Waals surface area contributed by atoms with Gasteiger partial charge in [-0.2, -0.15) is 0 Å². The Morgan fingerprint density at radius 1 is 0.865 bits per heavy atom. The van der Waals surface area contributed by atoms with Crippen LogP contribution >= 0.6 is 0 Å². The van der Waals surface area contributed by atoms with Crippen LogP contribution in [0.5, 0.6) is 11.5 Å². The average Bonchev–Trinajstić information content (AvgIpc) is 3.38. The predicted octanol–water partition coefficient (Wildman–Crippen LogP) is 4.05. The molecule has 0 fully saturated rings. The second-order valence-corrected chi connectivity index (χ2v) is 8.73. The van der Waals surface area contributed by atoms with Crippen molar-refractivity contribution in [3.05, 3.63) is 117 Å². The van der Waals surface area contributed by atoms with E-state index in [9.17, 15) is 9.59 Å². The molecule has 2 heterocycles. The molecule has 0 saturated carbocycles. The number of rotatable bonds is 9. The molecule has 0 aliphatic rings. The number of ether oxygens (including phenoxy) is 2. The normalized spacial score (nSPS) is 11.1. The van der Waals surface area contributed by atoms with Gasteiger partial charge in [0.05, 0.1) is 37.1 Å². The molecule has 0 amide bonds. The summed E-state index contributed by atoms with van der Waals surface area (Å²) in [4.78, 5) is 31.4. The van der Waals surface area contributed by atoms with Crippen LogP contribution in [0.3, 0.4) is 0 Å². The Hall–Kier alpha value is -4.59. The molecule has 3 aromatic carbocycles. The molecule has 8 heteroatoms. The molecular weight excluding hydrogens is 468 g/mol. The van der Waals surface area contributed by atoms with Gasteiger partial charge in [0, 0.05) is 25.0 Å². The molecule has 0 aliphatic heterocycles. The van der Waals surface area contributed by atoms with E-state index in [1.54, 1.807) is 35.9 Å². The van der Waals surface area contributed by atoms with E-state index in [2.05, 4.69) is 9.55 Å². The Balaban J connectivity index is 1.43. The van der Waals surface area contributed by atoms with Gasteiger partial charge in [0.25, 0.3) is 5.56 Å². The van der Waals surface area contributed by atoms with Crippen LogP contribution in [0.4, 0.5) is 0 Å². The Bertz CT molecular complexity index is 1650. The average molecular weight is 497 g/mol. The lowest BCUT2D eigenvalue weighted by atomic mass is 10.2. The van der Waals surface area contributed by atoms with Gasteiger partial charge in [0.1, 0.15) is 11.5 Å². The van der Waals surface area contributed by atoms with Crippen LogP contribution in [0.2, 0.25) is 0 Å². The van der Waals surface area contributed by atoms with Crippen LogP contribution in [0, 0.1) is 0 Å². The monoisotopic (exact) mass is 496 g/mol. The third kappa shape index (κ3) is 4.78. The first kappa shape index (κ1) is 24.1. The molecule has 37 heavy (non-hydrogen) atoms. The van der Waals surface area contributed by atoms with Crippen LogP contribution in [0.15, 0.2) is 94.9 Å². The number of para-hydroxylation sites is 3. The van der Waals surface area contributed by atoms with Gasteiger partial charge >= 0.3 is 5.69 Å². The maximum atomic E-state index is 13.7. The van der Waals surface area contributed by atoms with Crippen LogP contribution in [-0.2, 0) is 19.5 Å². The van der Waals surface area contributed by atoms with Crippen molar-refractivity contribution in [2.45, 2.75) is 25.9 Å². The molecule has 0 saturated heterocycles. The number of methoxy groups -OCH3 is 2. The number of imidazole rings is 1. The molecule has 5 aromatic rings. The van der Waals surface area contributed by atoms with Gasteiger partial charge in [-0.1, -0.05) is 36.4 Å². The Kier molecular flexibility index (Phi) is 6.89. The highest BCUT2D eigenvalue weighted by molar-refractivity contribution is 5.78. The second kappa shape index (κ2) is 10.6. The van der Waals surface area contributed by atoms with E-state index in [0.29, 0.717) is 41.9 Å². The number of aryl methyl sites for hydroxylation is 2. The highest BCUT2D eigenvalue weighted by atomic mass is 16.5. The van der Waals surface area contributed by atoms with Gasteiger partial charge in [0.2, 0.25) is 0 Å². The molecule has 2 aromatic heterocycles. The first-order valence-corrected chi connectivity index (χ1v) is 12.1. The zero-order valence-corrected chi connectivity index (χ0v) is 20.8. The summed E-state index contributed by atoms with van der Waals surface area (Å²) in [6, 6.07) is 22.2. The minimum absolute atomic E-state index is 0.362. The van der Waals surface area contributed by atoms with Gasteiger partial charge in [-0.3, -0.25) is 9.36 Å². The Morgan fingerprint density at radius 2 is 1.62 bits per heavy atom. The van der Waals surface area contributed by atoms with Gasteiger partial charge < -0.3 is 14.0 Å². The van der Waals surface area contributed by atoms with Gasteiger partial charge in [-0.25, -0.2) is 14.3 Å². The maximum Gasteiger partial charge on any atom is 0.336 e. The smallest absolute Gasteiger partial charge is 0.336 e. The third-order valence-corrected chi connectivity index (χ3v) is 6.50. The quantitative estimate of drug-likeness (QED) is 0.308. The zero-order chi connectivity index (χ0) is 25.8. The Morgan fingerprint density at radius 3 is 2.41 bits per heavy atom. The number of aromatic nitrogens is 4. The predicted molar refractivity (Wildman–Crippen MR) is 143 cm³/mol. The van der Waals surface area contributed by atoms with Crippen molar-refractivity contribution in [2.24, 2.45) is 0 Å². The topological polar surface area (TPSA) is 80.3 Å². The van der Waals surface area contributed by atoms with Crippen molar-refractivity contribution >= 4 is 10.9 Å². The fourth-order valence-electron chi connectivity index (χ4n) is 4.61. The molecule has 0 aliphatic carbocycles. The fourth-order valence-corrected chi connectivity index (χ4v) is 4.61. The molecule has 8 nitrogen and oxygen atoms in total. The number of fused-ring (bicyclic) bond motifs is 1. The highest BCUT2D eigenvalue weighted by Crippen LogP contribution is 2.21. The Labute approximate surface area is 214 Å². The lowest BCUT2D eigenvalue weighted by Crippen LogP contribution is -2.39. The molecule has 0 N–H and O–H groups in total. The SMILES string of the molecule is COc1ccc(Cn2cncc2CCCn2c(=O)n(-c3ccccc3OC)c(=O)c3ccccc32)cc1. The van der Waals surface area contributed by atoms with Crippen molar-refractivity contribution in [2.75, 3.05) is 14.2 Å². The maximum absolute atomic E-state index is 13.7. The summed E-state index contributed by atoms with van der Waals surface area (Å²) in [5.41, 5.74) is 2.52. The van der Waals surface area contributed by atoms with Crippen molar-refractivity contribution in [3.63, 3.8) is 0 Å². The molecule has 0 atom stereocenters. The summed E-state index contributed by atoms with van der Waals surface area (Å²) in [5.74, 6) is 1.28. The van der Waals surface area contributed by atoms with E-state index in [-0.39, 0.29) is 11.2 Å². The largest absolute Gasteiger partial charge is 0.497 e. The van der Waals surface area contributed by atoms with Crippen molar-refractivity contribution in [3.8, 4) is 17.2 Å². The van der Waals surface area contributed by atoms with E-state index in [0.717, 1.165) is 23.4 Å². The van der Waals surface area contributed by atoms with Crippen LogP contribution in [0.25, 0.3) is 16.6 Å². The summed E-state index contributed by atoms with van der Waals surface area (Å²) in [6.45, 7) is 1.14. The molecule has 0 spiro atoms. The standard InChI is InChI=1S/C29H28N4O4/c1-36-23-15-13-21(14-16-23)19-31-20-30-18-22(31)8-7-17-32-25-10-4-3-9-24(25)28(34)33(29(32)35)26-11-5-6-12-27(26)37-2/h3-6,9-16,18,20H,7-8,17,19H2,1-2H3. The first-order chi connectivity index (χ1) is 18.1. The van der Waals surface area contributed by atoms with E-state index < -0.39 is 0 Å². The lowest BCUT2D eigenvalue weighted by molar-refractivity contribution is 0.411. The highest BCUT2D eigenvalue weighted by Gasteiger charge is 2.17. The minimum Gasteiger partial charge on any atom is -0.497 e. The van der Waals surface area contributed by atoms with Gasteiger partial charge in [0.15, 0.2) is 0 Å². The van der Waals surface area contributed by atoms with E-state index in [1.165, 1.54) is 11.7 Å². The summed E-state index contributed by atoms with van der Waals surface area (Å²) >= 11 is 0. The third-order valence-electron chi connectivity index (χ3n) is 6.50. The second-order valence-electron chi connectivity index (χ2n) is 8.73. The molecular formula is C29H28N4O4. The zero-order valence-electron chi connectivity index (χ0n) is 20.8. The van der Waals surface area contributed by atoms with E-state index in [4.69, 9.17) is 9.47 Å². The number of nitrogens with zero attached hydrogens (tertiary/aromatic N) is 4. The lowest BCUT2D eigenvalue weighted by Gasteiger charge is -2.16. The van der Waals surface area contributed by atoms with Gasteiger partial charge in [-0.05, 0) is 54.8 Å². The molecule has 5 rings (SSSR count). The van der Waals surface area contributed by atoms with Crippen molar-refractivity contribution in [1.82, 2.24) is 18.7 Å². The van der Waals surface area contributed by atoms with Crippen LogP contribution in [0.1, 0.15) is 17.7 Å². The summed E-state index contributed by atoms with van der Waals surface area (Å²) in [5, 5.41) is 0.484. The number of benzene rings is 3. The summed E-state index contributed by atoms with van der Waals surface area (Å²) in [6.07, 6.45) is 5.11.